The fourth-order valence-corrected chi connectivity index (χ4v) is 5.02. The van der Waals surface area contributed by atoms with Gasteiger partial charge in [0.25, 0.3) is 5.91 Å². The lowest BCUT2D eigenvalue weighted by molar-refractivity contribution is 0.0949. The maximum atomic E-state index is 12.8. The summed E-state index contributed by atoms with van der Waals surface area (Å²) in [6.07, 6.45) is 3.05. The Labute approximate surface area is 155 Å². The number of methoxy groups -OCH3 is 1. The predicted molar refractivity (Wildman–Crippen MR) is 98.6 cm³/mol. The Bertz CT molecular complexity index is 732. The topological polar surface area (TPSA) is 78.9 Å². The minimum absolute atomic E-state index is 0.0677. The molecule has 2 heterocycles. The molecule has 2 fully saturated rings. The van der Waals surface area contributed by atoms with Crippen molar-refractivity contribution >= 4 is 15.9 Å². The van der Waals surface area contributed by atoms with E-state index < -0.39 is 10.0 Å². The summed E-state index contributed by atoms with van der Waals surface area (Å²) in [5.41, 5.74) is 0.370. The molecule has 0 spiro atoms. The van der Waals surface area contributed by atoms with Crippen molar-refractivity contribution in [3.63, 3.8) is 0 Å². The van der Waals surface area contributed by atoms with Crippen LogP contribution in [0, 0.1) is 0 Å². The van der Waals surface area contributed by atoms with Crippen LogP contribution in [-0.2, 0) is 14.8 Å². The van der Waals surface area contributed by atoms with Crippen LogP contribution in [0.1, 0.15) is 29.6 Å². The van der Waals surface area contributed by atoms with Gasteiger partial charge < -0.3 is 15.0 Å². The zero-order valence-corrected chi connectivity index (χ0v) is 16.0. The van der Waals surface area contributed by atoms with E-state index in [2.05, 4.69) is 10.2 Å². The zero-order valence-electron chi connectivity index (χ0n) is 15.2. The third kappa shape index (κ3) is 4.43. The van der Waals surface area contributed by atoms with Crippen LogP contribution >= 0.6 is 0 Å². The second-order valence-electron chi connectivity index (χ2n) is 6.84. The maximum absolute atomic E-state index is 12.8. The number of likely N-dealkylation sites (tertiary alicyclic amines) is 1. The molecule has 0 aliphatic carbocycles. The van der Waals surface area contributed by atoms with Crippen LogP contribution < -0.4 is 5.32 Å². The molecule has 2 aliphatic heterocycles. The van der Waals surface area contributed by atoms with Gasteiger partial charge in [-0.2, -0.15) is 4.31 Å². The number of carbonyl (C=O) groups excluding carboxylic acids is 1. The average molecular weight is 381 g/mol. The second-order valence-corrected chi connectivity index (χ2v) is 8.78. The summed E-state index contributed by atoms with van der Waals surface area (Å²) in [6, 6.07) is 6.26. The molecule has 0 saturated carbocycles. The van der Waals surface area contributed by atoms with Crippen molar-refractivity contribution in [2.45, 2.75) is 30.3 Å². The number of rotatable bonds is 7. The van der Waals surface area contributed by atoms with Crippen LogP contribution in [0.15, 0.2) is 29.2 Å². The second kappa shape index (κ2) is 8.47. The van der Waals surface area contributed by atoms with Gasteiger partial charge in [0.15, 0.2) is 0 Å². The van der Waals surface area contributed by atoms with E-state index in [9.17, 15) is 13.2 Å². The summed E-state index contributed by atoms with van der Waals surface area (Å²) in [7, 11) is -2.02. The molecule has 8 heteroatoms. The maximum Gasteiger partial charge on any atom is 0.251 e. The van der Waals surface area contributed by atoms with Gasteiger partial charge in [0.2, 0.25) is 10.0 Å². The van der Waals surface area contributed by atoms with Crippen molar-refractivity contribution in [3.8, 4) is 0 Å². The Morgan fingerprint density at radius 1 is 1.27 bits per heavy atom. The highest BCUT2D eigenvalue weighted by molar-refractivity contribution is 7.89. The van der Waals surface area contributed by atoms with Crippen LogP contribution in [0.25, 0.3) is 0 Å². The number of benzene rings is 1. The van der Waals surface area contributed by atoms with Gasteiger partial charge in [-0.25, -0.2) is 8.42 Å². The van der Waals surface area contributed by atoms with Gasteiger partial charge in [0.05, 0.1) is 11.0 Å². The Kier molecular flexibility index (Phi) is 6.29. The predicted octanol–water partition coefficient (Wildman–Crippen LogP) is 0.922. The van der Waals surface area contributed by atoms with E-state index in [1.165, 1.54) is 29.3 Å². The number of hydrogen-bond donors (Lipinski definition) is 1. The molecule has 0 aromatic heterocycles. The first kappa shape index (κ1) is 19.3. The third-order valence-electron chi connectivity index (χ3n) is 5.09. The smallest absolute Gasteiger partial charge is 0.251 e. The number of amides is 1. The molecule has 2 saturated heterocycles. The molecule has 1 aromatic carbocycles. The molecule has 1 amide bonds. The van der Waals surface area contributed by atoms with E-state index in [0.717, 1.165) is 19.6 Å². The SMILES string of the molecule is CO[C@H]1CCN(S(=O)(=O)c2cccc(C(=O)NCCN3CCCC3)c2)C1. The van der Waals surface area contributed by atoms with E-state index >= 15 is 0 Å². The normalized spacial score (nSPS) is 22.0. The van der Waals surface area contributed by atoms with Crippen molar-refractivity contribution in [3.05, 3.63) is 29.8 Å². The number of nitrogens with one attached hydrogen (secondary N) is 1. The fraction of sp³-hybridized carbons (Fsp3) is 0.611. The number of nitrogens with zero attached hydrogens (tertiary/aromatic N) is 2. The van der Waals surface area contributed by atoms with Gasteiger partial charge in [-0.1, -0.05) is 6.07 Å². The van der Waals surface area contributed by atoms with Gasteiger partial charge in [-0.05, 0) is 50.6 Å². The van der Waals surface area contributed by atoms with Gasteiger partial charge in [0, 0.05) is 38.9 Å². The highest BCUT2D eigenvalue weighted by Gasteiger charge is 2.32. The standard InChI is InChI=1S/C18H27N3O4S/c1-25-16-7-11-21(14-16)26(23,24)17-6-4-5-15(13-17)18(22)19-8-12-20-9-2-3-10-20/h4-6,13,16H,2-3,7-12,14H2,1H3,(H,19,22)/t16-/m0/s1. The average Bonchev–Trinajstić information content (AvgIpc) is 3.33. The summed E-state index contributed by atoms with van der Waals surface area (Å²) in [5, 5.41) is 2.88. The minimum atomic E-state index is -3.61. The van der Waals surface area contributed by atoms with E-state index in [1.807, 2.05) is 0 Å². The number of carbonyl (C=O) groups is 1. The Morgan fingerprint density at radius 2 is 2.04 bits per heavy atom. The number of hydrogen-bond acceptors (Lipinski definition) is 5. The van der Waals surface area contributed by atoms with Crippen molar-refractivity contribution in [2.24, 2.45) is 0 Å². The number of sulfonamides is 1. The Hall–Kier alpha value is -1.48. The molecule has 0 radical (unpaired) electrons. The Balaban J connectivity index is 1.62. The summed E-state index contributed by atoms with van der Waals surface area (Å²) in [4.78, 5) is 14.8. The van der Waals surface area contributed by atoms with Crippen molar-refractivity contribution in [1.82, 2.24) is 14.5 Å². The lowest BCUT2D eigenvalue weighted by Gasteiger charge is -2.17. The van der Waals surface area contributed by atoms with Crippen LogP contribution in [0.5, 0.6) is 0 Å². The van der Waals surface area contributed by atoms with Gasteiger partial charge in [-0.15, -0.1) is 0 Å². The van der Waals surface area contributed by atoms with E-state index in [4.69, 9.17) is 4.74 Å². The van der Waals surface area contributed by atoms with E-state index in [-0.39, 0.29) is 16.9 Å². The number of ether oxygens (including phenoxy) is 1. The zero-order chi connectivity index (χ0) is 18.6. The summed E-state index contributed by atoms with van der Waals surface area (Å²) in [6.45, 7) is 4.36. The molecule has 1 N–H and O–H groups in total. The third-order valence-corrected chi connectivity index (χ3v) is 6.95. The molecule has 3 rings (SSSR count). The highest BCUT2D eigenvalue weighted by atomic mass is 32.2. The van der Waals surface area contributed by atoms with E-state index in [0.29, 0.717) is 31.6 Å². The summed E-state index contributed by atoms with van der Waals surface area (Å²) < 4.78 is 32.3. The molecule has 0 unspecified atom stereocenters. The van der Waals surface area contributed by atoms with Crippen LogP contribution in [0.4, 0.5) is 0 Å². The van der Waals surface area contributed by atoms with E-state index in [1.54, 1.807) is 19.2 Å². The molecule has 1 atom stereocenters. The lowest BCUT2D eigenvalue weighted by Crippen LogP contribution is -2.33. The first-order valence-corrected chi connectivity index (χ1v) is 10.6. The molecule has 7 nitrogen and oxygen atoms in total. The van der Waals surface area contributed by atoms with Crippen molar-refractivity contribution < 1.29 is 17.9 Å². The van der Waals surface area contributed by atoms with Gasteiger partial charge in [0.1, 0.15) is 0 Å². The van der Waals surface area contributed by atoms with Crippen LogP contribution in [-0.4, -0.2) is 76.0 Å². The van der Waals surface area contributed by atoms with Crippen molar-refractivity contribution in [1.29, 1.82) is 0 Å². The largest absolute Gasteiger partial charge is 0.380 e. The Morgan fingerprint density at radius 3 is 2.73 bits per heavy atom. The molecule has 26 heavy (non-hydrogen) atoms. The van der Waals surface area contributed by atoms with Gasteiger partial charge >= 0.3 is 0 Å². The molecule has 2 aliphatic rings. The summed E-state index contributed by atoms with van der Waals surface area (Å²) >= 11 is 0. The van der Waals surface area contributed by atoms with Crippen LogP contribution in [0.2, 0.25) is 0 Å². The first-order valence-electron chi connectivity index (χ1n) is 9.14. The minimum Gasteiger partial charge on any atom is -0.380 e. The van der Waals surface area contributed by atoms with Crippen molar-refractivity contribution in [2.75, 3.05) is 46.4 Å². The van der Waals surface area contributed by atoms with Gasteiger partial charge in [-0.3, -0.25) is 4.79 Å². The first-order chi connectivity index (χ1) is 12.5. The molecular formula is C18H27N3O4S. The molecule has 1 aromatic rings. The fourth-order valence-electron chi connectivity index (χ4n) is 3.49. The summed E-state index contributed by atoms with van der Waals surface area (Å²) in [5.74, 6) is -0.238. The van der Waals surface area contributed by atoms with Crippen LogP contribution in [0.3, 0.4) is 0 Å². The highest BCUT2D eigenvalue weighted by Crippen LogP contribution is 2.23. The molecular weight excluding hydrogens is 354 g/mol. The molecule has 144 valence electrons. The quantitative estimate of drug-likeness (QED) is 0.760. The molecule has 0 bridgehead atoms. The lowest BCUT2D eigenvalue weighted by atomic mass is 10.2. The monoisotopic (exact) mass is 381 g/mol.